The summed E-state index contributed by atoms with van der Waals surface area (Å²) in [5.74, 6) is -1.12. The molecule has 0 aromatic carbocycles. The molecule has 0 spiro atoms. The van der Waals surface area contributed by atoms with Crippen LogP contribution in [0.1, 0.15) is 113 Å². The van der Waals surface area contributed by atoms with Crippen molar-refractivity contribution in [3.8, 4) is 0 Å². The number of esters is 2. The molecule has 33 heavy (non-hydrogen) atoms. The van der Waals surface area contributed by atoms with Gasteiger partial charge in [0.15, 0.2) is 0 Å². The van der Waals surface area contributed by atoms with Crippen LogP contribution in [0, 0.1) is 13.8 Å². The zero-order chi connectivity index (χ0) is 25.7. The number of rotatable bonds is 3. The Bertz CT molecular complexity index is 939. The lowest BCUT2D eigenvalue weighted by molar-refractivity contribution is -0.260. The largest absolute Gasteiger partial charge is 0.456 e. The first kappa shape index (κ1) is 27.0. The molecule has 2 heterocycles. The van der Waals surface area contributed by atoms with Gasteiger partial charge in [0.25, 0.3) is 0 Å². The minimum Gasteiger partial charge on any atom is -0.456 e. The Labute approximate surface area is 198 Å². The molecule has 0 atom stereocenters. The zero-order valence-corrected chi connectivity index (χ0v) is 22.2. The number of nitrogens with zero attached hydrogens (tertiary/aromatic N) is 2. The number of aromatic nitrogens is 1. The van der Waals surface area contributed by atoms with Gasteiger partial charge in [0, 0.05) is 11.1 Å². The van der Waals surface area contributed by atoms with Gasteiger partial charge in [-0.05, 0) is 95.1 Å². The fourth-order valence-corrected chi connectivity index (χ4v) is 4.34. The number of aryl methyl sites for hydroxylation is 2. The van der Waals surface area contributed by atoms with E-state index < -0.39 is 34.2 Å². The van der Waals surface area contributed by atoms with E-state index in [2.05, 4.69) is 4.98 Å². The Balaban J connectivity index is 2.92. The monoisotopic (exact) mass is 459 g/mol. The predicted octanol–water partition coefficient (Wildman–Crippen LogP) is 5.60. The van der Waals surface area contributed by atoms with Gasteiger partial charge in [-0.15, -0.1) is 10.3 Å². The summed E-state index contributed by atoms with van der Waals surface area (Å²) >= 11 is 0. The minimum absolute atomic E-state index is 0.230. The van der Waals surface area contributed by atoms with Crippen LogP contribution in [0.25, 0.3) is 5.57 Å². The van der Waals surface area contributed by atoms with Crippen molar-refractivity contribution in [2.24, 2.45) is 0 Å². The molecule has 1 radical (unpaired) electrons. The fourth-order valence-electron chi connectivity index (χ4n) is 4.34. The lowest BCUT2D eigenvalue weighted by atomic mass is 9.78. The molecule has 2 rings (SSSR count). The summed E-state index contributed by atoms with van der Waals surface area (Å²) < 4.78 is 11.4. The van der Waals surface area contributed by atoms with Crippen molar-refractivity contribution >= 4 is 17.5 Å². The number of hydrogen-bond acceptors (Lipinski definition) is 6. The van der Waals surface area contributed by atoms with Gasteiger partial charge in [-0.2, -0.15) is 0 Å². The molecule has 0 bridgehead atoms. The zero-order valence-electron chi connectivity index (χ0n) is 22.2. The van der Waals surface area contributed by atoms with Gasteiger partial charge in [0.05, 0.1) is 28.1 Å². The van der Waals surface area contributed by atoms with Gasteiger partial charge in [-0.25, -0.2) is 9.59 Å². The van der Waals surface area contributed by atoms with Crippen LogP contribution in [0.4, 0.5) is 0 Å². The van der Waals surface area contributed by atoms with E-state index in [9.17, 15) is 14.8 Å². The first-order valence-corrected chi connectivity index (χ1v) is 11.3. The van der Waals surface area contributed by atoms with E-state index >= 15 is 0 Å². The first-order chi connectivity index (χ1) is 14.7. The summed E-state index contributed by atoms with van der Waals surface area (Å²) in [6.45, 7) is 21.6. The van der Waals surface area contributed by atoms with Crippen molar-refractivity contribution < 1.29 is 24.3 Å². The molecule has 1 aliphatic heterocycles. The molecule has 7 nitrogen and oxygen atoms in total. The number of carbonyl (C=O) groups is 2. The summed E-state index contributed by atoms with van der Waals surface area (Å²) in [4.78, 5) is 31.3. The Morgan fingerprint density at radius 2 is 1.27 bits per heavy atom. The van der Waals surface area contributed by atoms with Crippen molar-refractivity contribution in [1.29, 1.82) is 0 Å². The van der Waals surface area contributed by atoms with E-state index in [1.165, 1.54) is 0 Å². The number of ether oxygens (including phenoxy) is 2. The van der Waals surface area contributed by atoms with E-state index in [4.69, 9.17) is 9.47 Å². The SMILES string of the molecule is Cc1nc(C)c(C(=O)OC(C)(C)C)c(C2=CC(C)(C)N([O])C(C)(C)C2)c1C(=O)OC(C)(C)C. The standard InChI is InChI=1S/C26H39N2O5/c1-15-18(21(29)32-23(3,4)5)20(17-13-25(9,10)28(31)26(11,12)14-17)19(16(2)27-15)22(30)33-24(6,7)8/h13H,14H2,1-12H3. The molecular weight excluding hydrogens is 420 g/mol. The van der Waals surface area contributed by atoms with Gasteiger partial charge in [0.2, 0.25) is 0 Å². The fraction of sp³-hybridized carbons (Fsp3) is 0.654. The Morgan fingerprint density at radius 3 is 1.61 bits per heavy atom. The van der Waals surface area contributed by atoms with Crippen LogP contribution in [0.2, 0.25) is 0 Å². The van der Waals surface area contributed by atoms with E-state index in [0.29, 0.717) is 23.4 Å². The molecule has 0 saturated carbocycles. The smallest absolute Gasteiger partial charge is 0.341 e. The van der Waals surface area contributed by atoms with Crippen LogP contribution < -0.4 is 0 Å². The van der Waals surface area contributed by atoms with Crippen LogP contribution in [-0.2, 0) is 14.7 Å². The number of carbonyl (C=O) groups excluding carboxylic acids is 2. The normalized spacial score (nSPS) is 18.5. The Kier molecular flexibility index (Phi) is 6.96. The molecule has 0 fully saturated rings. The lowest BCUT2D eigenvalue weighted by Crippen LogP contribution is -2.54. The van der Waals surface area contributed by atoms with Crippen molar-refractivity contribution in [2.75, 3.05) is 0 Å². The Morgan fingerprint density at radius 1 is 0.879 bits per heavy atom. The second-order valence-corrected chi connectivity index (χ2v) is 12.0. The highest BCUT2D eigenvalue weighted by Gasteiger charge is 2.44. The minimum atomic E-state index is -0.849. The van der Waals surface area contributed by atoms with Crippen molar-refractivity contribution in [2.45, 2.75) is 112 Å². The van der Waals surface area contributed by atoms with Gasteiger partial charge in [-0.1, -0.05) is 6.08 Å². The highest BCUT2D eigenvalue weighted by molar-refractivity contribution is 6.05. The molecule has 0 amide bonds. The van der Waals surface area contributed by atoms with E-state index in [1.54, 1.807) is 55.4 Å². The predicted molar refractivity (Wildman–Crippen MR) is 127 cm³/mol. The maximum absolute atomic E-state index is 13.4. The molecule has 0 saturated heterocycles. The van der Waals surface area contributed by atoms with Gasteiger partial charge < -0.3 is 9.47 Å². The Hall–Kier alpha value is -2.25. The second-order valence-electron chi connectivity index (χ2n) is 12.0. The molecule has 7 heteroatoms. The maximum atomic E-state index is 13.4. The molecule has 183 valence electrons. The van der Waals surface area contributed by atoms with Crippen LogP contribution in [0.5, 0.6) is 0 Å². The summed E-state index contributed by atoms with van der Waals surface area (Å²) in [7, 11) is 0. The number of hydrogen-bond donors (Lipinski definition) is 0. The quantitative estimate of drug-likeness (QED) is 0.547. The number of pyridine rings is 1. The van der Waals surface area contributed by atoms with Crippen molar-refractivity contribution in [3.05, 3.63) is 34.2 Å². The molecule has 1 aromatic rings. The van der Waals surface area contributed by atoms with Gasteiger partial charge in [-0.3, -0.25) is 4.98 Å². The molecule has 0 N–H and O–H groups in total. The van der Waals surface area contributed by atoms with Crippen LogP contribution in [-0.4, -0.2) is 44.3 Å². The third-order valence-electron chi connectivity index (χ3n) is 5.31. The van der Waals surface area contributed by atoms with Crippen molar-refractivity contribution in [3.63, 3.8) is 0 Å². The van der Waals surface area contributed by atoms with Crippen LogP contribution in [0.3, 0.4) is 0 Å². The van der Waals surface area contributed by atoms with E-state index in [1.807, 2.05) is 33.8 Å². The van der Waals surface area contributed by atoms with Crippen LogP contribution >= 0.6 is 0 Å². The summed E-state index contributed by atoms with van der Waals surface area (Å²) in [6, 6.07) is 0. The van der Waals surface area contributed by atoms with Gasteiger partial charge >= 0.3 is 11.9 Å². The highest BCUT2D eigenvalue weighted by atomic mass is 16.6. The van der Waals surface area contributed by atoms with E-state index in [0.717, 1.165) is 10.6 Å². The van der Waals surface area contributed by atoms with Crippen molar-refractivity contribution in [1.82, 2.24) is 10.0 Å². The summed E-state index contributed by atoms with van der Waals surface area (Å²) in [5, 5.41) is 14.0. The molecule has 1 aromatic heterocycles. The molecule has 1 aliphatic rings. The maximum Gasteiger partial charge on any atom is 0.341 e. The van der Waals surface area contributed by atoms with Crippen LogP contribution in [0.15, 0.2) is 6.08 Å². The molecule has 0 aliphatic carbocycles. The highest BCUT2D eigenvalue weighted by Crippen LogP contribution is 2.43. The topological polar surface area (TPSA) is 88.6 Å². The second kappa shape index (κ2) is 8.51. The van der Waals surface area contributed by atoms with Gasteiger partial charge in [0.1, 0.15) is 11.2 Å². The average molecular weight is 460 g/mol. The number of hydroxylamine groups is 2. The molecule has 0 unspecified atom stereocenters. The summed E-state index contributed by atoms with van der Waals surface area (Å²) in [5.41, 5.74) is -0.512. The summed E-state index contributed by atoms with van der Waals surface area (Å²) in [6.07, 6.45) is 2.18. The average Bonchev–Trinajstić information content (AvgIpc) is 2.54. The third-order valence-corrected chi connectivity index (χ3v) is 5.31. The third kappa shape index (κ3) is 6.01. The lowest BCUT2D eigenvalue weighted by Gasteiger charge is -2.45. The first-order valence-electron chi connectivity index (χ1n) is 11.3. The molecular formula is C26H39N2O5. The van der Waals surface area contributed by atoms with E-state index in [-0.39, 0.29) is 11.1 Å².